The summed E-state index contributed by atoms with van der Waals surface area (Å²) in [5.41, 5.74) is 3.21. The summed E-state index contributed by atoms with van der Waals surface area (Å²) in [7, 11) is -3.74. The molecular weight excluding hydrogens is 438 g/mol. The number of carbonyl (C=O) groups excluding carboxylic acids is 2. The number of rotatable bonds is 11. The number of para-hydroxylation sites is 1. The molecule has 0 spiro atoms. The zero-order valence-electron chi connectivity index (χ0n) is 20.2. The monoisotopic (exact) mass is 473 g/mol. The summed E-state index contributed by atoms with van der Waals surface area (Å²) in [5.74, 6) is -0.701. The fraction of sp³-hybridized carbons (Fsp3) is 0.440. The highest BCUT2D eigenvalue weighted by Crippen LogP contribution is 2.24. The molecule has 7 nitrogen and oxygen atoms in total. The van der Waals surface area contributed by atoms with E-state index in [1.807, 2.05) is 57.2 Å². The second-order valence-corrected chi connectivity index (χ2v) is 10.1. The molecule has 2 amide bonds. The van der Waals surface area contributed by atoms with Gasteiger partial charge in [0.1, 0.15) is 12.6 Å². The van der Waals surface area contributed by atoms with Crippen molar-refractivity contribution in [1.82, 2.24) is 10.2 Å². The topological polar surface area (TPSA) is 86.8 Å². The fourth-order valence-corrected chi connectivity index (χ4v) is 4.48. The van der Waals surface area contributed by atoms with Gasteiger partial charge in [0.2, 0.25) is 21.8 Å². The van der Waals surface area contributed by atoms with E-state index in [0.29, 0.717) is 18.7 Å². The standard InChI is InChI=1S/C25H35N3O4S/c1-6-16-26-25(30)20(4)27(17-22-14-9-8-12-19(22)3)24(29)18-28(33(5,31)32)23-15-11-10-13-21(23)7-2/h8-15,20H,6-7,16-18H2,1-5H3,(H,26,30). The van der Waals surface area contributed by atoms with Gasteiger partial charge in [-0.1, -0.05) is 56.3 Å². The first kappa shape index (κ1) is 26.4. The highest BCUT2D eigenvalue weighted by Gasteiger charge is 2.30. The first-order valence-electron chi connectivity index (χ1n) is 11.3. The van der Waals surface area contributed by atoms with Gasteiger partial charge in [-0.05, 0) is 49.4 Å². The maximum Gasteiger partial charge on any atom is 0.244 e. The molecule has 0 heterocycles. The molecule has 0 bridgehead atoms. The maximum absolute atomic E-state index is 13.5. The van der Waals surface area contributed by atoms with Gasteiger partial charge in [-0.25, -0.2) is 8.42 Å². The maximum atomic E-state index is 13.5. The van der Waals surface area contributed by atoms with Gasteiger partial charge in [0.15, 0.2) is 0 Å². The molecule has 0 radical (unpaired) electrons. The number of nitrogens with one attached hydrogen (secondary N) is 1. The highest BCUT2D eigenvalue weighted by molar-refractivity contribution is 7.92. The number of hydrogen-bond donors (Lipinski definition) is 1. The highest BCUT2D eigenvalue weighted by atomic mass is 32.2. The Morgan fingerprint density at radius 3 is 2.18 bits per heavy atom. The van der Waals surface area contributed by atoms with Crippen molar-refractivity contribution >= 4 is 27.5 Å². The van der Waals surface area contributed by atoms with E-state index in [2.05, 4.69) is 5.32 Å². The third kappa shape index (κ3) is 7.05. The summed E-state index contributed by atoms with van der Waals surface area (Å²) < 4.78 is 26.5. The van der Waals surface area contributed by atoms with E-state index >= 15 is 0 Å². The number of benzene rings is 2. The van der Waals surface area contributed by atoms with E-state index in [4.69, 9.17) is 0 Å². The molecule has 0 fully saturated rings. The van der Waals surface area contributed by atoms with Crippen LogP contribution in [0.4, 0.5) is 5.69 Å². The van der Waals surface area contributed by atoms with Crippen LogP contribution < -0.4 is 9.62 Å². The lowest BCUT2D eigenvalue weighted by atomic mass is 10.1. The minimum absolute atomic E-state index is 0.208. The van der Waals surface area contributed by atoms with Crippen molar-refractivity contribution in [2.24, 2.45) is 0 Å². The second-order valence-electron chi connectivity index (χ2n) is 8.17. The number of amides is 2. The van der Waals surface area contributed by atoms with Crippen LogP contribution in [0.5, 0.6) is 0 Å². The van der Waals surface area contributed by atoms with Gasteiger partial charge in [0.25, 0.3) is 0 Å². The Balaban J connectivity index is 2.42. The van der Waals surface area contributed by atoms with Gasteiger partial charge < -0.3 is 10.2 Å². The summed E-state index contributed by atoms with van der Waals surface area (Å²) in [6.45, 7) is 7.84. The number of carbonyl (C=O) groups is 2. The fourth-order valence-electron chi connectivity index (χ4n) is 3.60. The zero-order valence-corrected chi connectivity index (χ0v) is 21.0. The summed E-state index contributed by atoms with van der Waals surface area (Å²) in [4.78, 5) is 27.7. The lowest BCUT2D eigenvalue weighted by molar-refractivity contribution is -0.139. The van der Waals surface area contributed by atoms with Crippen LogP contribution >= 0.6 is 0 Å². The minimum atomic E-state index is -3.74. The zero-order chi connectivity index (χ0) is 24.6. The Morgan fingerprint density at radius 2 is 1.61 bits per heavy atom. The van der Waals surface area contributed by atoms with Crippen LogP contribution in [0.2, 0.25) is 0 Å². The number of nitrogens with zero attached hydrogens (tertiary/aromatic N) is 2. The van der Waals surface area contributed by atoms with E-state index in [9.17, 15) is 18.0 Å². The van der Waals surface area contributed by atoms with Gasteiger partial charge in [-0.15, -0.1) is 0 Å². The number of aryl methyl sites for hydroxylation is 2. The SMILES string of the molecule is CCCNC(=O)C(C)N(Cc1ccccc1C)C(=O)CN(c1ccccc1CC)S(C)(=O)=O. The van der Waals surface area contributed by atoms with Crippen molar-refractivity contribution in [3.63, 3.8) is 0 Å². The van der Waals surface area contributed by atoms with E-state index in [0.717, 1.165) is 33.7 Å². The third-order valence-electron chi connectivity index (χ3n) is 5.64. The van der Waals surface area contributed by atoms with Crippen LogP contribution in [0, 0.1) is 6.92 Å². The van der Waals surface area contributed by atoms with Crippen LogP contribution in [-0.2, 0) is 32.6 Å². The molecule has 8 heteroatoms. The average Bonchev–Trinajstić information content (AvgIpc) is 2.79. The smallest absolute Gasteiger partial charge is 0.244 e. The van der Waals surface area contributed by atoms with Crippen LogP contribution in [0.1, 0.15) is 43.9 Å². The third-order valence-corrected chi connectivity index (χ3v) is 6.77. The number of anilines is 1. The van der Waals surface area contributed by atoms with Gasteiger partial charge in [0.05, 0.1) is 11.9 Å². The van der Waals surface area contributed by atoms with Gasteiger partial charge in [-0.3, -0.25) is 13.9 Å². The molecule has 0 aliphatic heterocycles. The first-order valence-corrected chi connectivity index (χ1v) is 13.1. The number of hydrogen-bond acceptors (Lipinski definition) is 4. The van der Waals surface area contributed by atoms with E-state index in [1.165, 1.54) is 4.90 Å². The van der Waals surface area contributed by atoms with E-state index in [-0.39, 0.29) is 19.0 Å². The Morgan fingerprint density at radius 1 is 1.00 bits per heavy atom. The Labute approximate surface area is 197 Å². The lowest BCUT2D eigenvalue weighted by Crippen LogP contribution is -2.51. The largest absolute Gasteiger partial charge is 0.354 e. The normalized spacial score (nSPS) is 12.2. The predicted octanol–water partition coefficient (Wildman–Crippen LogP) is 3.27. The molecule has 0 aromatic heterocycles. The Hall–Kier alpha value is -2.87. The molecule has 2 aromatic rings. The summed E-state index contributed by atoms with van der Waals surface area (Å²) in [5, 5.41) is 2.84. The molecule has 33 heavy (non-hydrogen) atoms. The van der Waals surface area contributed by atoms with Gasteiger partial charge in [-0.2, -0.15) is 0 Å². The summed E-state index contributed by atoms with van der Waals surface area (Å²) in [6, 6.07) is 14.0. The number of sulfonamides is 1. The second kappa shape index (κ2) is 11.8. The lowest BCUT2D eigenvalue weighted by Gasteiger charge is -2.32. The van der Waals surface area contributed by atoms with Crippen molar-refractivity contribution in [2.45, 2.75) is 53.1 Å². The molecule has 0 aliphatic rings. The average molecular weight is 474 g/mol. The Bertz CT molecular complexity index is 1070. The molecule has 2 rings (SSSR count). The van der Waals surface area contributed by atoms with Crippen LogP contribution in [-0.4, -0.2) is 50.5 Å². The van der Waals surface area contributed by atoms with Gasteiger partial charge >= 0.3 is 0 Å². The molecule has 0 saturated carbocycles. The van der Waals surface area contributed by atoms with Crippen molar-refractivity contribution in [3.8, 4) is 0 Å². The quantitative estimate of drug-likeness (QED) is 0.543. The molecule has 0 aliphatic carbocycles. The molecule has 180 valence electrons. The van der Waals surface area contributed by atoms with Gasteiger partial charge in [0, 0.05) is 13.1 Å². The molecule has 1 unspecified atom stereocenters. The molecule has 1 atom stereocenters. The molecular formula is C25H35N3O4S. The van der Waals surface area contributed by atoms with Crippen LogP contribution in [0.25, 0.3) is 0 Å². The van der Waals surface area contributed by atoms with E-state index in [1.54, 1.807) is 19.1 Å². The first-order chi connectivity index (χ1) is 15.6. The summed E-state index contributed by atoms with van der Waals surface area (Å²) >= 11 is 0. The van der Waals surface area contributed by atoms with Crippen molar-refractivity contribution in [3.05, 3.63) is 65.2 Å². The van der Waals surface area contributed by atoms with Crippen molar-refractivity contribution in [2.75, 3.05) is 23.7 Å². The molecule has 2 aromatic carbocycles. The van der Waals surface area contributed by atoms with E-state index < -0.39 is 22.0 Å². The van der Waals surface area contributed by atoms with Crippen LogP contribution in [0.15, 0.2) is 48.5 Å². The van der Waals surface area contributed by atoms with Crippen molar-refractivity contribution < 1.29 is 18.0 Å². The molecule has 1 N–H and O–H groups in total. The van der Waals surface area contributed by atoms with Crippen molar-refractivity contribution in [1.29, 1.82) is 0 Å². The molecule has 0 saturated heterocycles. The van der Waals surface area contributed by atoms with Crippen LogP contribution in [0.3, 0.4) is 0 Å². The minimum Gasteiger partial charge on any atom is -0.354 e. The Kier molecular flexibility index (Phi) is 9.46. The predicted molar refractivity (Wildman–Crippen MR) is 133 cm³/mol. The summed E-state index contributed by atoms with van der Waals surface area (Å²) in [6.07, 6.45) is 2.49.